The molecule has 2 aromatic heterocycles. The molecule has 0 fully saturated rings. The van der Waals surface area contributed by atoms with Gasteiger partial charge in [0.1, 0.15) is 11.8 Å². The highest BCUT2D eigenvalue weighted by molar-refractivity contribution is 5.81. The maximum Gasteiger partial charge on any atom is 0.182 e. The number of fused-ring (bicyclic) bond motifs is 1. The van der Waals surface area contributed by atoms with Gasteiger partial charge in [-0.25, -0.2) is 15.0 Å². The average molecular weight is 264 g/mol. The van der Waals surface area contributed by atoms with Gasteiger partial charge in [-0.15, -0.1) is 0 Å². The highest BCUT2D eigenvalue weighted by Crippen LogP contribution is 2.14. The first-order valence-electron chi connectivity index (χ1n) is 6.53. The highest BCUT2D eigenvalue weighted by atomic mass is 16.3. The Morgan fingerprint density at radius 2 is 2.11 bits per heavy atom. The number of imidazole rings is 1. The average Bonchev–Trinajstić information content (AvgIpc) is 2.91. The number of H-pyrrole nitrogens is 1. The zero-order valence-electron chi connectivity index (χ0n) is 11.3. The minimum Gasteiger partial charge on any atom is -0.390 e. The van der Waals surface area contributed by atoms with Crippen LogP contribution in [0.2, 0.25) is 0 Å². The van der Waals surface area contributed by atoms with Crippen molar-refractivity contribution in [2.45, 2.75) is 20.0 Å². The third kappa shape index (κ3) is 3.39. The van der Waals surface area contributed by atoms with Crippen LogP contribution in [0.5, 0.6) is 0 Å². The van der Waals surface area contributed by atoms with Gasteiger partial charge in [0, 0.05) is 13.1 Å². The first-order chi connectivity index (χ1) is 9.24. The summed E-state index contributed by atoms with van der Waals surface area (Å²) < 4.78 is 0. The Bertz CT molecular complexity index is 510. The van der Waals surface area contributed by atoms with Gasteiger partial charge in [0.25, 0.3) is 0 Å². The van der Waals surface area contributed by atoms with Crippen LogP contribution in [0.4, 0.5) is 5.82 Å². The molecule has 2 aromatic rings. The van der Waals surface area contributed by atoms with E-state index in [4.69, 9.17) is 0 Å². The summed E-state index contributed by atoms with van der Waals surface area (Å²) in [6, 6.07) is 0. The molecule has 0 aliphatic carbocycles. The standard InChI is InChI=1S/C12H20N6O/c1-3-18(4-2)6-9(19)5-13-11-10-12(15-7-14-10)17-8-16-11/h7-9,19H,3-6H2,1-2H3,(H2,13,14,15,16,17). The number of hydrogen-bond acceptors (Lipinski definition) is 6. The zero-order valence-corrected chi connectivity index (χ0v) is 11.3. The maximum atomic E-state index is 9.99. The minimum atomic E-state index is -0.437. The van der Waals surface area contributed by atoms with Gasteiger partial charge in [-0.2, -0.15) is 0 Å². The Labute approximate surface area is 112 Å². The van der Waals surface area contributed by atoms with Crippen molar-refractivity contribution in [2.24, 2.45) is 0 Å². The Morgan fingerprint density at radius 3 is 2.84 bits per heavy atom. The van der Waals surface area contributed by atoms with Crippen LogP contribution < -0.4 is 5.32 Å². The lowest BCUT2D eigenvalue weighted by atomic mass is 10.3. The van der Waals surface area contributed by atoms with E-state index < -0.39 is 6.10 Å². The number of rotatable bonds is 7. The molecule has 2 heterocycles. The van der Waals surface area contributed by atoms with E-state index in [1.54, 1.807) is 6.33 Å². The van der Waals surface area contributed by atoms with Crippen LogP contribution in [0.15, 0.2) is 12.7 Å². The van der Waals surface area contributed by atoms with Crippen LogP contribution in [0.3, 0.4) is 0 Å². The van der Waals surface area contributed by atoms with Crippen LogP contribution in [0.1, 0.15) is 13.8 Å². The number of nitrogens with one attached hydrogen (secondary N) is 2. The summed E-state index contributed by atoms with van der Waals surface area (Å²) in [6.45, 7) is 7.14. The number of aliphatic hydroxyl groups excluding tert-OH is 1. The first-order valence-corrected chi connectivity index (χ1v) is 6.53. The molecular weight excluding hydrogens is 244 g/mol. The molecule has 0 saturated heterocycles. The molecule has 0 amide bonds. The number of hydrogen-bond donors (Lipinski definition) is 3. The molecule has 0 aliphatic rings. The zero-order chi connectivity index (χ0) is 13.7. The third-order valence-corrected chi connectivity index (χ3v) is 3.09. The number of anilines is 1. The molecule has 19 heavy (non-hydrogen) atoms. The van der Waals surface area contributed by atoms with Gasteiger partial charge in [-0.1, -0.05) is 13.8 Å². The van der Waals surface area contributed by atoms with Crippen molar-refractivity contribution in [1.82, 2.24) is 24.8 Å². The summed E-state index contributed by atoms with van der Waals surface area (Å²) in [5.41, 5.74) is 1.38. The van der Waals surface area contributed by atoms with Gasteiger partial charge in [0.15, 0.2) is 11.5 Å². The molecule has 0 aliphatic heterocycles. The van der Waals surface area contributed by atoms with E-state index in [1.165, 1.54) is 6.33 Å². The van der Waals surface area contributed by atoms with Crippen LogP contribution in [-0.4, -0.2) is 62.2 Å². The van der Waals surface area contributed by atoms with Gasteiger partial charge < -0.3 is 20.3 Å². The quantitative estimate of drug-likeness (QED) is 0.673. The molecule has 0 aromatic carbocycles. The smallest absolute Gasteiger partial charge is 0.182 e. The molecule has 104 valence electrons. The largest absolute Gasteiger partial charge is 0.390 e. The lowest BCUT2D eigenvalue weighted by Crippen LogP contribution is -2.36. The van der Waals surface area contributed by atoms with Gasteiger partial charge in [0.05, 0.1) is 12.4 Å². The summed E-state index contributed by atoms with van der Waals surface area (Å²) in [5.74, 6) is 0.668. The van der Waals surface area contributed by atoms with Crippen molar-refractivity contribution < 1.29 is 5.11 Å². The molecule has 1 atom stereocenters. The fraction of sp³-hybridized carbons (Fsp3) is 0.583. The minimum absolute atomic E-state index is 0.437. The molecule has 7 heteroatoms. The fourth-order valence-electron chi connectivity index (χ4n) is 1.96. The Balaban J connectivity index is 1.93. The number of aliphatic hydroxyl groups is 1. The second-order valence-electron chi connectivity index (χ2n) is 4.34. The second-order valence-corrected chi connectivity index (χ2v) is 4.34. The van der Waals surface area contributed by atoms with Crippen LogP contribution in [0, 0.1) is 0 Å². The van der Waals surface area contributed by atoms with Crippen LogP contribution in [-0.2, 0) is 0 Å². The molecule has 1 unspecified atom stereocenters. The lowest BCUT2D eigenvalue weighted by molar-refractivity contribution is 0.128. The SMILES string of the molecule is CCN(CC)CC(O)CNc1ncnc2nc[nH]c12. The molecular formula is C12H20N6O. The molecule has 0 spiro atoms. The van der Waals surface area contributed by atoms with Crippen molar-refractivity contribution in [2.75, 3.05) is 31.5 Å². The van der Waals surface area contributed by atoms with Gasteiger partial charge in [-0.3, -0.25) is 0 Å². The summed E-state index contributed by atoms with van der Waals surface area (Å²) >= 11 is 0. The van der Waals surface area contributed by atoms with E-state index >= 15 is 0 Å². The van der Waals surface area contributed by atoms with Gasteiger partial charge in [-0.05, 0) is 13.1 Å². The topological polar surface area (TPSA) is 90.0 Å². The van der Waals surface area contributed by atoms with E-state index in [2.05, 4.69) is 44.0 Å². The van der Waals surface area contributed by atoms with Crippen molar-refractivity contribution in [1.29, 1.82) is 0 Å². The van der Waals surface area contributed by atoms with E-state index in [1.807, 2.05) is 0 Å². The Kier molecular flexibility index (Phi) is 4.64. The van der Waals surface area contributed by atoms with E-state index in [0.29, 0.717) is 24.6 Å². The van der Waals surface area contributed by atoms with Crippen LogP contribution >= 0.6 is 0 Å². The van der Waals surface area contributed by atoms with Gasteiger partial charge >= 0.3 is 0 Å². The lowest BCUT2D eigenvalue weighted by Gasteiger charge is -2.22. The van der Waals surface area contributed by atoms with Crippen molar-refractivity contribution in [3.05, 3.63) is 12.7 Å². The normalized spacial score (nSPS) is 13.1. The molecule has 2 rings (SSSR count). The number of aromatic nitrogens is 4. The maximum absolute atomic E-state index is 9.99. The summed E-state index contributed by atoms with van der Waals surface area (Å²) in [4.78, 5) is 17.4. The number of likely N-dealkylation sites (N-methyl/N-ethyl adjacent to an activating group) is 1. The van der Waals surface area contributed by atoms with E-state index in [-0.39, 0.29) is 0 Å². The van der Waals surface area contributed by atoms with Crippen molar-refractivity contribution in [3.63, 3.8) is 0 Å². The predicted molar refractivity (Wildman–Crippen MR) is 74.0 cm³/mol. The summed E-state index contributed by atoms with van der Waals surface area (Å²) in [5, 5.41) is 13.1. The molecule has 7 nitrogen and oxygen atoms in total. The monoisotopic (exact) mass is 264 g/mol. The molecule has 3 N–H and O–H groups in total. The summed E-state index contributed by atoms with van der Waals surface area (Å²) in [6.07, 6.45) is 2.60. The Hall–Kier alpha value is -1.73. The van der Waals surface area contributed by atoms with Gasteiger partial charge in [0.2, 0.25) is 0 Å². The number of aromatic amines is 1. The molecule has 0 saturated carbocycles. The predicted octanol–water partition coefficient (Wildman–Crippen LogP) is 0.467. The van der Waals surface area contributed by atoms with Crippen molar-refractivity contribution in [3.8, 4) is 0 Å². The van der Waals surface area contributed by atoms with Crippen molar-refractivity contribution >= 4 is 17.0 Å². The molecule has 0 bridgehead atoms. The number of nitrogens with zero attached hydrogens (tertiary/aromatic N) is 4. The second kappa shape index (κ2) is 6.44. The van der Waals surface area contributed by atoms with Crippen LogP contribution in [0.25, 0.3) is 11.2 Å². The van der Waals surface area contributed by atoms with E-state index in [0.717, 1.165) is 18.6 Å². The Morgan fingerprint density at radius 1 is 1.32 bits per heavy atom. The first kappa shape index (κ1) is 13.7. The summed E-state index contributed by atoms with van der Waals surface area (Å²) in [7, 11) is 0. The highest BCUT2D eigenvalue weighted by Gasteiger charge is 2.11. The third-order valence-electron chi connectivity index (χ3n) is 3.09. The molecule has 0 radical (unpaired) electrons. The fourth-order valence-corrected chi connectivity index (χ4v) is 1.96. The van der Waals surface area contributed by atoms with E-state index in [9.17, 15) is 5.11 Å².